The fourth-order valence-corrected chi connectivity index (χ4v) is 1.57. The maximum atomic E-state index is 10.9. The quantitative estimate of drug-likeness (QED) is 0.862. The highest BCUT2D eigenvalue weighted by molar-refractivity contribution is 6.35. The van der Waals surface area contributed by atoms with Crippen LogP contribution in [0.1, 0.15) is 13.8 Å². The third kappa shape index (κ3) is 3.29. The largest absolute Gasteiger partial charge is 0.480 e. The third-order valence-corrected chi connectivity index (χ3v) is 2.29. The average Bonchev–Trinajstić information content (AvgIpc) is 1.99. The highest BCUT2D eigenvalue weighted by Crippen LogP contribution is 2.24. The topological polar surface area (TPSA) is 49.3 Å². The van der Waals surface area contributed by atoms with E-state index >= 15 is 0 Å². The first-order chi connectivity index (χ1) is 6.81. The Labute approximate surface area is 98.0 Å². The van der Waals surface area contributed by atoms with Gasteiger partial charge in [-0.2, -0.15) is 0 Å². The van der Waals surface area contributed by atoms with Gasteiger partial charge in [-0.1, -0.05) is 23.2 Å². The first-order valence-electron chi connectivity index (χ1n) is 4.29. The monoisotopic (exact) mass is 247 g/mol. The van der Waals surface area contributed by atoms with Crippen molar-refractivity contribution in [2.75, 3.05) is 5.32 Å². The van der Waals surface area contributed by atoms with Crippen LogP contribution in [-0.2, 0) is 4.79 Å². The molecule has 0 fully saturated rings. The molecule has 0 unspecified atom stereocenters. The number of anilines is 1. The predicted molar refractivity (Wildman–Crippen MR) is 61.8 cm³/mol. The van der Waals surface area contributed by atoms with E-state index in [1.54, 1.807) is 32.0 Å². The number of nitrogens with one attached hydrogen (secondary N) is 1. The number of halogens is 2. The first-order valence-corrected chi connectivity index (χ1v) is 5.04. The maximum absolute atomic E-state index is 10.9. The van der Waals surface area contributed by atoms with Crippen molar-refractivity contribution in [2.24, 2.45) is 0 Å². The van der Waals surface area contributed by atoms with Gasteiger partial charge in [0, 0.05) is 15.7 Å². The van der Waals surface area contributed by atoms with Crippen molar-refractivity contribution >= 4 is 34.9 Å². The van der Waals surface area contributed by atoms with Crippen molar-refractivity contribution in [1.82, 2.24) is 0 Å². The molecule has 0 atom stereocenters. The molecule has 82 valence electrons. The van der Waals surface area contributed by atoms with Crippen LogP contribution < -0.4 is 5.32 Å². The van der Waals surface area contributed by atoms with Gasteiger partial charge in [-0.15, -0.1) is 0 Å². The molecule has 0 aromatic heterocycles. The lowest BCUT2D eigenvalue weighted by atomic mass is 10.1. The zero-order valence-corrected chi connectivity index (χ0v) is 9.86. The van der Waals surface area contributed by atoms with Gasteiger partial charge in [0.15, 0.2) is 0 Å². The molecule has 0 spiro atoms. The van der Waals surface area contributed by atoms with Gasteiger partial charge in [0.1, 0.15) is 5.54 Å². The van der Waals surface area contributed by atoms with Crippen LogP contribution in [0.15, 0.2) is 18.2 Å². The summed E-state index contributed by atoms with van der Waals surface area (Å²) in [5, 5.41) is 12.7. The summed E-state index contributed by atoms with van der Waals surface area (Å²) in [7, 11) is 0. The Balaban J connectivity index is 2.94. The average molecular weight is 248 g/mol. The zero-order chi connectivity index (χ0) is 11.6. The highest BCUT2D eigenvalue weighted by atomic mass is 35.5. The summed E-state index contributed by atoms with van der Waals surface area (Å²) in [6.45, 7) is 3.12. The Kier molecular flexibility index (Phi) is 3.47. The van der Waals surface area contributed by atoms with Crippen LogP contribution in [0, 0.1) is 0 Å². The molecule has 3 nitrogen and oxygen atoms in total. The van der Waals surface area contributed by atoms with Gasteiger partial charge in [-0.25, -0.2) is 4.79 Å². The van der Waals surface area contributed by atoms with Gasteiger partial charge in [-0.3, -0.25) is 0 Å². The fraction of sp³-hybridized carbons (Fsp3) is 0.300. The molecule has 0 radical (unpaired) electrons. The van der Waals surface area contributed by atoms with Crippen LogP contribution >= 0.6 is 23.2 Å². The summed E-state index contributed by atoms with van der Waals surface area (Å²) >= 11 is 11.6. The highest BCUT2D eigenvalue weighted by Gasteiger charge is 2.26. The second-order valence-electron chi connectivity index (χ2n) is 3.71. The number of carboxylic acid groups (broad SMARTS) is 1. The molecule has 0 aliphatic rings. The minimum absolute atomic E-state index is 0.464. The van der Waals surface area contributed by atoms with Crippen LogP contribution in [-0.4, -0.2) is 16.6 Å². The Morgan fingerprint density at radius 2 is 1.73 bits per heavy atom. The fourth-order valence-electron chi connectivity index (χ4n) is 1.04. The lowest BCUT2D eigenvalue weighted by Crippen LogP contribution is -2.39. The normalized spacial score (nSPS) is 11.2. The molecule has 5 heteroatoms. The summed E-state index contributed by atoms with van der Waals surface area (Å²) in [5.41, 5.74) is -0.478. The van der Waals surface area contributed by atoms with Gasteiger partial charge in [0.25, 0.3) is 0 Å². The Hall–Kier alpha value is -0.930. The lowest BCUT2D eigenvalue weighted by molar-refractivity contribution is -0.141. The minimum atomic E-state index is -1.06. The van der Waals surface area contributed by atoms with Crippen molar-refractivity contribution in [3.8, 4) is 0 Å². The number of aliphatic carboxylic acids is 1. The van der Waals surface area contributed by atoms with Crippen LogP contribution in [0.2, 0.25) is 10.0 Å². The number of hydrogen-bond donors (Lipinski definition) is 2. The molecule has 1 aromatic carbocycles. The van der Waals surface area contributed by atoms with E-state index < -0.39 is 11.5 Å². The third-order valence-electron chi connectivity index (χ3n) is 1.85. The smallest absolute Gasteiger partial charge is 0.328 e. The van der Waals surface area contributed by atoms with E-state index in [1.807, 2.05) is 0 Å². The van der Waals surface area contributed by atoms with Crippen LogP contribution in [0.3, 0.4) is 0 Å². The van der Waals surface area contributed by atoms with E-state index in [1.165, 1.54) is 0 Å². The Morgan fingerprint density at radius 1 is 1.27 bits per heavy atom. The first kappa shape index (κ1) is 12.1. The molecule has 15 heavy (non-hydrogen) atoms. The van der Waals surface area contributed by atoms with Gasteiger partial charge in [0.2, 0.25) is 0 Å². The number of rotatable bonds is 3. The van der Waals surface area contributed by atoms with E-state index in [2.05, 4.69) is 5.32 Å². The van der Waals surface area contributed by atoms with E-state index in [4.69, 9.17) is 28.3 Å². The van der Waals surface area contributed by atoms with Gasteiger partial charge >= 0.3 is 5.97 Å². The van der Waals surface area contributed by atoms with E-state index in [-0.39, 0.29) is 0 Å². The molecule has 2 N–H and O–H groups in total. The van der Waals surface area contributed by atoms with Crippen molar-refractivity contribution in [3.05, 3.63) is 28.2 Å². The van der Waals surface area contributed by atoms with Crippen LogP contribution in [0.5, 0.6) is 0 Å². The van der Waals surface area contributed by atoms with Crippen LogP contribution in [0.25, 0.3) is 0 Å². The van der Waals surface area contributed by atoms with Crippen molar-refractivity contribution < 1.29 is 9.90 Å². The number of carbonyl (C=O) groups is 1. The molecule has 0 amide bonds. The second kappa shape index (κ2) is 4.29. The number of benzene rings is 1. The Bertz CT molecular complexity index is 371. The van der Waals surface area contributed by atoms with Crippen molar-refractivity contribution in [1.29, 1.82) is 0 Å². The van der Waals surface area contributed by atoms with Crippen LogP contribution in [0.4, 0.5) is 5.69 Å². The summed E-state index contributed by atoms with van der Waals surface area (Å²) in [6.07, 6.45) is 0. The lowest BCUT2D eigenvalue weighted by Gasteiger charge is -2.22. The SMILES string of the molecule is CC(C)(Nc1cc(Cl)cc(Cl)c1)C(=O)O. The van der Waals surface area contributed by atoms with Gasteiger partial charge in [0.05, 0.1) is 0 Å². The summed E-state index contributed by atoms with van der Waals surface area (Å²) in [5.74, 6) is -0.946. The summed E-state index contributed by atoms with van der Waals surface area (Å²) < 4.78 is 0. The minimum Gasteiger partial charge on any atom is -0.480 e. The molecule has 0 heterocycles. The summed E-state index contributed by atoms with van der Waals surface area (Å²) in [4.78, 5) is 10.9. The molecular weight excluding hydrogens is 237 g/mol. The van der Waals surface area contributed by atoms with Gasteiger partial charge in [-0.05, 0) is 32.0 Å². The molecular formula is C10H11Cl2NO2. The van der Waals surface area contributed by atoms with E-state index in [0.29, 0.717) is 15.7 Å². The molecule has 1 aromatic rings. The standard InChI is InChI=1S/C10H11Cl2NO2/c1-10(2,9(14)15)13-8-4-6(11)3-7(12)5-8/h3-5,13H,1-2H3,(H,14,15). The molecule has 0 aliphatic carbocycles. The summed E-state index contributed by atoms with van der Waals surface area (Å²) in [6, 6.07) is 4.83. The predicted octanol–water partition coefficient (Wildman–Crippen LogP) is 3.27. The van der Waals surface area contributed by atoms with E-state index in [9.17, 15) is 4.79 Å². The molecule has 0 aliphatic heterocycles. The maximum Gasteiger partial charge on any atom is 0.328 e. The molecule has 0 saturated carbocycles. The zero-order valence-electron chi connectivity index (χ0n) is 8.34. The van der Waals surface area contributed by atoms with Crippen molar-refractivity contribution in [2.45, 2.75) is 19.4 Å². The molecule has 0 bridgehead atoms. The number of carboxylic acids is 1. The number of hydrogen-bond acceptors (Lipinski definition) is 2. The second-order valence-corrected chi connectivity index (χ2v) is 4.59. The van der Waals surface area contributed by atoms with Gasteiger partial charge < -0.3 is 10.4 Å². The Morgan fingerprint density at radius 3 is 2.13 bits per heavy atom. The molecule has 0 saturated heterocycles. The van der Waals surface area contributed by atoms with Crippen molar-refractivity contribution in [3.63, 3.8) is 0 Å². The van der Waals surface area contributed by atoms with E-state index in [0.717, 1.165) is 0 Å². The molecule has 1 rings (SSSR count).